The minimum Gasteiger partial charge on any atom is -0.443 e. The van der Waals surface area contributed by atoms with Gasteiger partial charge >= 0.3 is 12.2 Å². The summed E-state index contributed by atoms with van der Waals surface area (Å²) in [6.45, 7) is 11.2. The number of benzene rings is 3. The van der Waals surface area contributed by atoms with Crippen molar-refractivity contribution in [2.75, 3.05) is 0 Å². The van der Waals surface area contributed by atoms with Crippen LogP contribution in [0.1, 0.15) is 64.3 Å². The van der Waals surface area contributed by atoms with Crippen molar-refractivity contribution >= 4 is 18.1 Å². The minimum atomic E-state index is -0.782. The molecule has 0 aliphatic carbocycles. The second kappa shape index (κ2) is 12.4. The van der Waals surface area contributed by atoms with Gasteiger partial charge in [0.15, 0.2) is 0 Å². The lowest BCUT2D eigenvalue weighted by atomic mass is 10.0. The van der Waals surface area contributed by atoms with E-state index in [4.69, 9.17) is 9.47 Å². The van der Waals surface area contributed by atoms with E-state index in [0.717, 1.165) is 16.7 Å². The third-order valence-corrected chi connectivity index (χ3v) is 6.17. The molecule has 4 rings (SSSR count). The van der Waals surface area contributed by atoms with Crippen LogP contribution in [-0.2, 0) is 22.4 Å². The van der Waals surface area contributed by atoms with Crippen LogP contribution in [0.5, 0.6) is 0 Å². The predicted molar refractivity (Wildman–Crippen MR) is 161 cm³/mol. The molecule has 1 unspecified atom stereocenters. The molecule has 1 atom stereocenters. The van der Waals surface area contributed by atoms with Crippen LogP contribution in [-0.4, -0.2) is 39.1 Å². The van der Waals surface area contributed by atoms with Crippen LogP contribution in [0.3, 0.4) is 0 Å². The van der Waals surface area contributed by atoms with Crippen molar-refractivity contribution in [3.8, 4) is 0 Å². The minimum absolute atomic E-state index is 0.158. The number of carbonyl (C=O) groups is 2. The maximum absolute atomic E-state index is 13.9. The Morgan fingerprint density at radius 1 is 0.756 bits per heavy atom. The summed E-state index contributed by atoms with van der Waals surface area (Å²) in [5, 5.41) is 0. The van der Waals surface area contributed by atoms with Gasteiger partial charge in [-0.25, -0.2) is 14.5 Å². The molecule has 2 amide bonds. The number of aliphatic imine (C=N–C) groups is 1. The first-order valence-corrected chi connectivity index (χ1v) is 13.9. The molecule has 0 radical (unpaired) electrons. The maximum atomic E-state index is 13.9. The summed E-state index contributed by atoms with van der Waals surface area (Å²) < 4.78 is 11.5. The van der Waals surface area contributed by atoms with Crippen molar-refractivity contribution in [1.82, 2.24) is 9.80 Å². The number of rotatable bonds is 5. The van der Waals surface area contributed by atoms with Gasteiger partial charge in [-0.1, -0.05) is 97.1 Å². The Kier molecular flexibility index (Phi) is 8.96. The normalized spacial score (nSPS) is 17.7. The molecule has 0 bridgehead atoms. The van der Waals surface area contributed by atoms with E-state index < -0.39 is 29.4 Å². The fourth-order valence-corrected chi connectivity index (χ4v) is 4.58. The summed E-state index contributed by atoms with van der Waals surface area (Å²) in [6, 6.07) is 29.4. The monoisotopic (exact) mass is 553 g/mol. The molecule has 41 heavy (non-hydrogen) atoms. The molecular formula is C34H39N3O4. The van der Waals surface area contributed by atoms with Gasteiger partial charge in [-0.05, 0) is 64.7 Å². The molecular weight excluding hydrogens is 514 g/mol. The predicted octanol–water partition coefficient (Wildman–Crippen LogP) is 7.90. The Hall–Kier alpha value is -4.39. The molecule has 1 heterocycles. The van der Waals surface area contributed by atoms with Crippen LogP contribution >= 0.6 is 0 Å². The molecule has 214 valence electrons. The number of nitrogens with zero attached hydrogens (tertiary/aromatic N) is 3. The van der Waals surface area contributed by atoms with E-state index in [9.17, 15) is 9.59 Å². The molecule has 0 N–H and O–H groups in total. The quantitative estimate of drug-likeness (QED) is 0.321. The van der Waals surface area contributed by atoms with Crippen molar-refractivity contribution in [2.45, 2.75) is 71.8 Å². The topological polar surface area (TPSA) is 71.4 Å². The van der Waals surface area contributed by atoms with E-state index in [0.29, 0.717) is 18.7 Å². The smallest absolute Gasteiger partial charge is 0.437 e. The molecule has 0 aromatic heterocycles. The van der Waals surface area contributed by atoms with Crippen molar-refractivity contribution in [3.05, 3.63) is 119 Å². The number of allylic oxidation sites excluding steroid dienone is 1. The number of amides is 2. The molecule has 7 heteroatoms. The van der Waals surface area contributed by atoms with E-state index in [-0.39, 0.29) is 5.96 Å². The Labute approximate surface area is 243 Å². The van der Waals surface area contributed by atoms with Crippen LogP contribution < -0.4 is 0 Å². The Balaban J connectivity index is 1.93. The lowest BCUT2D eigenvalue weighted by Gasteiger charge is -2.27. The van der Waals surface area contributed by atoms with Crippen molar-refractivity contribution in [3.63, 3.8) is 0 Å². The van der Waals surface area contributed by atoms with E-state index >= 15 is 0 Å². The van der Waals surface area contributed by atoms with Gasteiger partial charge < -0.3 is 14.4 Å². The number of carbonyl (C=O) groups excluding carboxylic acids is 2. The van der Waals surface area contributed by atoms with Crippen LogP contribution in [0, 0.1) is 0 Å². The van der Waals surface area contributed by atoms with Gasteiger partial charge in [0.2, 0.25) is 5.96 Å². The van der Waals surface area contributed by atoms with E-state index in [1.807, 2.05) is 123 Å². The van der Waals surface area contributed by atoms with Crippen LogP contribution in [0.15, 0.2) is 108 Å². The SMILES string of the molecule is CC(C)(C)OC(=O)/N=C1\N(C(=O)OC(C)(C)C)/C(=C\Cc2ccccc2)C(c2ccccc2)N1Cc1ccccc1. The highest BCUT2D eigenvalue weighted by molar-refractivity contribution is 6.03. The van der Waals surface area contributed by atoms with Crippen LogP contribution in [0.2, 0.25) is 0 Å². The Morgan fingerprint density at radius 2 is 1.27 bits per heavy atom. The third-order valence-electron chi connectivity index (χ3n) is 6.17. The van der Waals surface area contributed by atoms with Gasteiger partial charge in [0.05, 0.1) is 11.7 Å². The summed E-state index contributed by atoms with van der Waals surface area (Å²) in [6.07, 6.45) is 1.19. The van der Waals surface area contributed by atoms with Gasteiger partial charge in [-0.15, -0.1) is 4.99 Å². The fraction of sp³-hybridized carbons (Fsp3) is 0.324. The first kappa shape index (κ1) is 29.6. The third kappa shape index (κ3) is 8.07. The second-order valence-corrected chi connectivity index (χ2v) is 12.0. The number of guanidine groups is 1. The van der Waals surface area contributed by atoms with Gasteiger partial charge in [-0.3, -0.25) is 0 Å². The number of hydrogen-bond donors (Lipinski definition) is 0. The molecule has 3 aromatic carbocycles. The van der Waals surface area contributed by atoms with Crippen LogP contribution in [0.25, 0.3) is 0 Å². The first-order valence-electron chi connectivity index (χ1n) is 13.9. The highest BCUT2D eigenvalue weighted by atomic mass is 16.6. The van der Waals surface area contributed by atoms with Gasteiger partial charge in [0.25, 0.3) is 0 Å². The largest absolute Gasteiger partial charge is 0.443 e. The van der Waals surface area contributed by atoms with Crippen molar-refractivity contribution in [2.24, 2.45) is 4.99 Å². The average molecular weight is 554 g/mol. The zero-order chi connectivity index (χ0) is 29.6. The fourth-order valence-electron chi connectivity index (χ4n) is 4.58. The summed E-state index contributed by atoms with van der Waals surface area (Å²) in [5.74, 6) is 0.158. The number of hydrogen-bond acceptors (Lipinski definition) is 4. The molecule has 0 spiro atoms. The zero-order valence-corrected chi connectivity index (χ0v) is 24.7. The molecule has 1 fully saturated rings. The highest BCUT2D eigenvalue weighted by Gasteiger charge is 2.46. The van der Waals surface area contributed by atoms with E-state index in [2.05, 4.69) is 4.99 Å². The molecule has 1 aliphatic heterocycles. The van der Waals surface area contributed by atoms with Crippen LogP contribution in [0.4, 0.5) is 9.59 Å². The van der Waals surface area contributed by atoms with Gasteiger partial charge in [-0.2, -0.15) is 0 Å². The standard InChI is InChI=1S/C34H39N3O4/c1-33(2,3)40-31(38)35-30-36(24-26-18-12-8-13-19-26)29(27-20-14-9-15-21-27)28(23-22-25-16-10-7-11-17-25)37(30)32(39)41-34(4,5)6/h7-21,23,29H,22,24H2,1-6H3/b28-23-,35-30-. The Bertz CT molecular complexity index is 1390. The van der Waals surface area contributed by atoms with E-state index in [1.54, 1.807) is 20.8 Å². The van der Waals surface area contributed by atoms with E-state index in [1.165, 1.54) is 4.90 Å². The molecule has 1 aliphatic rings. The molecule has 7 nitrogen and oxygen atoms in total. The van der Waals surface area contributed by atoms with Crippen molar-refractivity contribution in [1.29, 1.82) is 0 Å². The highest BCUT2D eigenvalue weighted by Crippen LogP contribution is 2.41. The summed E-state index contributed by atoms with van der Waals surface area (Å²) in [4.78, 5) is 34.9. The first-order chi connectivity index (χ1) is 19.4. The molecule has 3 aromatic rings. The lowest BCUT2D eigenvalue weighted by Crippen LogP contribution is -2.41. The maximum Gasteiger partial charge on any atom is 0.437 e. The van der Waals surface area contributed by atoms with Crippen molar-refractivity contribution < 1.29 is 19.1 Å². The molecule has 1 saturated heterocycles. The Morgan fingerprint density at radius 3 is 1.80 bits per heavy atom. The van der Waals surface area contributed by atoms with Gasteiger partial charge in [0.1, 0.15) is 11.2 Å². The average Bonchev–Trinajstić information content (AvgIpc) is 3.19. The summed E-state index contributed by atoms with van der Waals surface area (Å²) in [5.41, 5.74) is 2.17. The lowest BCUT2D eigenvalue weighted by molar-refractivity contribution is 0.0413. The summed E-state index contributed by atoms with van der Waals surface area (Å²) >= 11 is 0. The number of ether oxygens (including phenoxy) is 2. The second-order valence-electron chi connectivity index (χ2n) is 12.0. The zero-order valence-electron chi connectivity index (χ0n) is 24.7. The van der Waals surface area contributed by atoms with Gasteiger partial charge in [0, 0.05) is 6.54 Å². The summed E-state index contributed by atoms with van der Waals surface area (Å²) in [7, 11) is 0. The molecule has 0 saturated carbocycles.